The Morgan fingerprint density at radius 2 is 1.55 bits per heavy atom. The fourth-order valence-corrected chi connectivity index (χ4v) is 3.63. The zero-order valence-electron chi connectivity index (χ0n) is 17.4. The maximum Gasteiger partial charge on any atom is 0.261 e. The van der Waals surface area contributed by atoms with Crippen LogP contribution in [0.3, 0.4) is 0 Å². The van der Waals surface area contributed by atoms with E-state index in [1.807, 2.05) is 54.6 Å². The highest BCUT2D eigenvalue weighted by atomic mass is 16.5. The van der Waals surface area contributed by atoms with Gasteiger partial charge >= 0.3 is 0 Å². The lowest BCUT2D eigenvalue weighted by atomic mass is 10.0. The van der Waals surface area contributed by atoms with Crippen molar-refractivity contribution in [3.63, 3.8) is 0 Å². The maximum atomic E-state index is 12.9. The van der Waals surface area contributed by atoms with E-state index in [2.05, 4.69) is 0 Å². The summed E-state index contributed by atoms with van der Waals surface area (Å²) in [7, 11) is 3.31. The first-order valence-electron chi connectivity index (χ1n) is 9.90. The van der Waals surface area contributed by atoms with E-state index in [-0.39, 0.29) is 29.8 Å². The van der Waals surface area contributed by atoms with Crippen LogP contribution in [0, 0.1) is 0 Å². The molecular weight excluding hydrogens is 392 g/mol. The smallest absolute Gasteiger partial charge is 0.261 e. The molecule has 4 rings (SSSR count). The number of ether oxygens (including phenoxy) is 1. The molecule has 0 atom stereocenters. The molecule has 0 bridgehead atoms. The van der Waals surface area contributed by atoms with Crippen molar-refractivity contribution >= 4 is 17.7 Å². The van der Waals surface area contributed by atoms with Gasteiger partial charge in [-0.1, -0.05) is 42.5 Å². The Hall–Kier alpha value is -3.93. The van der Waals surface area contributed by atoms with Crippen molar-refractivity contribution in [3.05, 3.63) is 101 Å². The van der Waals surface area contributed by atoms with Crippen molar-refractivity contribution < 1.29 is 19.1 Å². The topological polar surface area (TPSA) is 66.9 Å². The van der Waals surface area contributed by atoms with E-state index < -0.39 is 0 Å². The second kappa shape index (κ2) is 8.44. The Morgan fingerprint density at radius 1 is 0.871 bits per heavy atom. The van der Waals surface area contributed by atoms with Gasteiger partial charge < -0.3 is 9.64 Å². The lowest BCUT2D eigenvalue weighted by Gasteiger charge is -2.18. The highest BCUT2D eigenvalue weighted by Gasteiger charge is 2.36. The molecule has 0 saturated carbocycles. The SMILES string of the molecule is COc1ccc(CN(C)C(=O)c2ccc3c(c2)C(=O)N(Cc2ccccc2)C3=O)cc1. The van der Waals surface area contributed by atoms with Gasteiger partial charge in [0.2, 0.25) is 0 Å². The summed E-state index contributed by atoms with van der Waals surface area (Å²) in [6.45, 7) is 0.612. The third-order valence-electron chi connectivity index (χ3n) is 5.33. The van der Waals surface area contributed by atoms with Crippen molar-refractivity contribution in [1.82, 2.24) is 9.80 Å². The average Bonchev–Trinajstić information content (AvgIpc) is 3.04. The Kier molecular flexibility index (Phi) is 5.54. The molecule has 0 aliphatic carbocycles. The minimum Gasteiger partial charge on any atom is -0.497 e. The van der Waals surface area contributed by atoms with Crippen LogP contribution >= 0.6 is 0 Å². The summed E-state index contributed by atoms with van der Waals surface area (Å²) < 4.78 is 5.15. The number of carbonyl (C=O) groups is 3. The fourth-order valence-electron chi connectivity index (χ4n) is 3.63. The van der Waals surface area contributed by atoms with Crippen molar-refractivity contribution in [3.8, 4) is 5.75 Å². The predicted molar refractivity (Wildman–Crippen MR) is 116 cm³/mol. The van der Waals surface area contributed by atoms with Crippen LogP contribution in [0.1, 0.15) is 42.2 Å². The molecule has 0 unspecified atom stereocenters. The molecule has 0 radical (unpaired) electrons. The molecule has 0 aromatic heterocycles. The maximum absolute atomic E-state index is 12.9. The van der Waals surface area contributed by atoms with Crippen LogP contribution in [0.5, 0.6) is 5.75 Å². The van der Waals surface area contributed by atoms with Crippen LogP contribution in [-0.2, 0) is 13.1 Å². The molecule has 1 heterocycles. The molecule has 1 aliphatic heterocycles. The molecule has 31 heavy (non-hydrogen) atoms. The highest BCUT2D eigenvalue weighted by Crippen LogP contribution is 2.26. The molecule has 0 N–H and O–H groups in total. The number of rotatable bonds is 6. The Morgan fingerprint density at radius 3 is 2.23 bits per heavy atom. The van der Waals surface area contributed by atoms with Gasteiger partial charge in [-0.15, -0.1) is 0 Å². The van der Waals surface area contributed by atoms with Gasteiger partial charge in [0, 0.05) is 19.2 Å². The van der Waals surface area contributed by atoms with Crippen molar-refractivity contribution in [2.24, 2.45) is 0 Å². The number of fused-ring (bicyclic) bond motifs is 1. The molecule has 6 nitrogen and oxygen atoms in total. The van der Waals surface area contributed by atoms with Crippen molar-refractivity contribution in [2.45, 2.75) is 13.1 Å². The largest absolute Gasteiger partial charge is 0.497 e. The molecule has 1 aliphatic rings. The molecule has 3 aromatic carbocycles. The first kappa shape index (κ1) is 20.3. The number of hydrogen-bond donors (Lipinski definition) is 0. The first-order chi connectivity index (χ1) is 15.0. The molecule has 0 fully saturated rings. The minimum absolute atomic E-state index is 0.202. The lowest BCUT2D eigenvalue weighted by molar-refractivity contribution is 0.0642. The number of nitrogens with zero attached hydrogens (tertiary/aromatic N) is 2. The van der Waals surface area contributed by atoms with Gasteiger partial charge in [-0.25, -0.2) is 0 Å². The fraction of sp³-hybridized carbons (Fsp3) is 0.160. The number of imide groups is 1. The standard InChI is InChI=1S/C25H22N2O4/c1-26(15-18-8-11-20(31-2)12-9-18)23(28)19-10-13-21-22(14-19)25(30)27(24(21)29)16-17-6-4-3-5-7-17/h3-14H,15-16H2,1-2H3. The summed E-state index contributed by atoms with van der Waals surface area (Å²) >= 11 is 0. The van der Waals surface area contributed by atoms with Crippen LogP contribution in [0.4, 0.5) is 0 Å². The molecule has 156 valence electrons. The number of methoxy groups -OCH3 is 1. The van der Waals surface area contributed by atoms with Crippen LogP contribution in [0.2, 0.25) is 0 Å². The first-order valence-corrected chi connectivity index (χ1v) is 9.90. The van der Waals surface area contributed by atoms with Crippen LogP contribution < -0.4 is 4.74 Å². The molecule has 0 saturated heterocycles. The summed E-state index contributed by atoms with van der Waals surface area (Å²) in [4.78, 5) is 41.3. The minimum atomic E-state index is -0.378. The number of amides is 3. The second-order valence-electron chi connectivity index (χ2n) is 7.45. The van der Waals surface area contributed by atoms with Gasteiger partial charge in [0.25, 0.3) is 17.7 Å². The molecular formula is C25H22N2O4. The number of carbonyl (C=O) groups excluding carboxylic acids is 3. The van der Waals surface area contributed by atoms with Gasteiger partial charge in [-0.2, -0.15) is 0 Å². The molecule has 3 amide bonds. The predicted octanol–water partition coefficient (Wildman–Crippen LogP) is 3.76. The van der Waals surface area contributed by atoms with Crippen LogP contribution in [0.25, 0.3) is 0 Å². The van der Waals surface area contributed by atoms with Crippen LogP contribution in [-0.4, -0.2) is 41.7 Å². The van der Waals surface area contributed by atoms with Crippen LogP contribution in [0.15, 0.2) is 72.8 Å². The van der Waals surface area contributed by atoms with E-state index in [0.29, 0.717) is 17.7 Å². The highest BCUT2D eigenvalue weighted by molar-refractivity contribution is 6.22. The molecule has 3 aromatic rings. The van der Waals surface area contributed by atoms with Gasteiger partial charge in [0.1, 0.15) is 5.75 Å². The Bertz CT molecular complexity index is 1140. The summed E-state index contributed by atoms with van der Waals surface area (Å²) in [6.07, 6.45) is 0. The third kappa shape index (κ3) is 4.05. The summed E-state index contributed by atoms with van der Waals surface area (Å²) in [6, 6.07) is 21.5. The summed E-state index contributed by atoms with van der Waals surface area (Å²) in [5.74, 6) is -0.189. The number of hydrogen-bond acceptors (Lipinski definition) is 4. The van der Waals surface area contributed by atoms with Crippen molar-refractivity contribution in [2.75, 3.05) is 14.2 Å². The quantitative estimate of drug-likeness (QED) is 0.576. The molecule has 6 heteroatoms. The van der Waals surface area contributed by atoms with Gasteiger partial charge in [-0.3, -0.25) is 19.3 Å². The van der Waals surface area contributed by atoms with E-state index >= 15 is 0 Å². The van der Waals surface area contributed by atoms with Crippen molar-refractivity contribution in [1.29, 1.82) is 0 Å². The van der Waals surface area contributed by atoms with E-state index in [0.717, 1.165) is 16.9 Å². The third-order valence-corrected chi connectivity index (χ3v) is 5.33. The normalized spacial score (nSPS) is 12.6. The van der Waals surface area contributed by atoms with E-state index in [4.69, 9.17) is 4.74 Å². The zero-order valence-corrected chi connectivity index (χ0v) is 17.4. The monoisotopic (exact) mass is 414 g/mol. The zero-order chi connectivity index (χ0) is 22.0. The van der Waals surface area contributed by atoms with Gasteiger partial charge in [0.05, 0.1) is 24.8 Å². The lowest BCUT2D eigenvalue weighted by Crippen LogP contribution is -2.29. The summed E-state index contributed by atoms with van der Waals surface area (Å²) in [5.41, 5.74) is 2.79. The van der Waals surface area contributed by atoms with E-state index in [9.17, 15) is 14.4 Å². The van der Waals surface area contributed by atoms with E-state index in [1.165, 1.54) is 11.0 Å². The van der Waals surface area contributed by atoms with Gasteiger partial charge in [0.15, 0.2) is 0 Å². The Balaban J connectivity index is 1.51. The second-order valence-corrected chi connectivity index (χ2v) is 7.45. The van der Waals surface area contributed by atoms with E-state index in [1.54, 1.807) is 31.2 Å². The number of benzene rings is 3. The average molecular weight is 414 g/mol. The molecule has 0 spiro atoms. The van der Waals surface area contributed by atoms with Gasteiger partial charge in [-0.05, 0) is 41.5 Å². The Labute approximate surface area is 180 Å². The summed E-state index contributed by atoms with van der Waals surface area (Å²) in [5, 5.41) is 0.